The van der Waals surface area contributed by atoms with Gasteiger partial charge in [0.1, 0.15) is 18.2 Å². The molecule has 1 heterocycles. The van der Waals surface area contributed by atoms with Gasteiger partial charge in [-0.2, -0.15) is 0 Å². The Hall–Kier alpha value is -2.77. The van der Waals surface area contributed by atoms with E-state index in [1.807, 2.05) is 6.92 Å². The lowest BCUT2D eigenvalue weighted by atomic mass is 10.2. The van der Waals surface area contributed by atoms with E-state index in [4.69, 9.17) is 5.73 Å². The first-order valence-electron chi connectivity index (χ1n) is 7.39. The summed E-state index contributed by atoms with van der Waals surface area (Å²) in [4.78, 5) is 28.3. The molecule has 128 valence electrons. The van der Waals surface area contributed by atoms with Crippen molar-refractivity contribution in [3.05, 3.63) is 57.0 Å². The summed E-state index contributed by atoms with van der Waals surface area (Å²) < 4.78 is 27.4. The SMILES string of the molecule is CCc1nc(N)n(CC(=O)NCc2ccc(F)cc2F)c(=O)c1C. The van der Waals surface area contributed by atoms with Crippen LogP contribution in [-0.4, -0.2) is 15.5 Å². The van der Waals surface area contributed by atoms with Gasteiger partial charge in [-0.25, -0.2) is 13.8 Å². The molecule has 0 spiro atoms. The van der Waals surface area contributed by atoms with Crippen molar-refractivity contribution in [2.24, 2.45) is 0 Å². The molecule has 0 aliphatic carbocycles. The van der Waals surface area contributed by atoms with Crippen LogP contribution in [0.4, 0.5) is 14.7 Å². The van der Waals surface area contributed by atoms with Gasteiger partial charge < -0.3 is 11.1 Å². The number of anilines is 1. The van der Waals surface area contributed by atoms with E-state index in [1.54, 1.807) is 6.92 Å². The Labute approximate surface area is 137 Å². The fraction of sp³-hybridized carbons (Fsp3) is 0.312. The van der Waals surface area contributed by atoms with Crippen LogP contribution >= 0.6 is 0 Å². The van der Waals surface area contributed by atoms with Gasteiger partial charge in [-0.05, 0) is 19.4 Å². The Balaban J connectivity index is 2.10. The van der Waals surface area contributed by atoms with Gasteiger partial charge in [0.25, 0.3) is 5.56 Å². The Morgan fingerprint density at radius 3 is 2.71 bits per heavy atom. The zero-order chi connectivity index (χ0) is 17.9. The molecule has 0 aliphatic heterocycles. The van der Waals surface area contributed by atoms with Gasteiger partial charge in [0.15, 0.2) is 0 Å². The second-order valence-corrected chi connectivity index (χ2v) is 5.30. The maximum absolute atomic E-state index is 13.5. The Morgan fingerprint density at radius 2 is 2.08 bits per heavy atom. The number of nitrogens with two attached hydrogens (primary N) is 1. The smallest absolute Gasteiger partial charge is 0.258 e. The maximum Gasteiger partial charge on any atom is 0.258 e. The zero-order valence-corrected chi connectivity index (χ0v) is 13.4. The lowest BCUT2D eigenvalue weighted by Gasteiger charge is -2.12. The van der Waals surface area contributed by atoms with Gasteiger partial charge in [-0.3, -0.25) is 14.2 Å². The molecule has 0 bridgehead atoms. The van der Waals surface area contributed by atoms with Crippen molar-refractivity contribution >= 4 is 11.9 Å². The average molecular weight is 336 g/mol. The summed E-state index contributed by atoms with van der Waals surface area (Å²) in [5.41, 5.74) is 6.51. The number of nitrogens with one attached hydrogen (secondary N) is 1. The molecular formula is C16H18F2N4O2. The first-order valence-corrected chi connectivity index (χ1v) is 7.39. The van der Waals surface area contributed by atoms with E-state index in [9.17, 15) is 18.4 Å². The first kappa shape index (κ1) is 17.6. The highest BCUT2D eigenvalue weighted by Crippen LogP contribution is 2.09. The van der Waals surface area contributed by atoms with Gasteiger partial charge in [-0.15, -0.1) is 0 Å². The summed E-state index contributed by atoms with van der Waals surface area (Å²) in [5.74, 6) is -2.03. The number of nitrogens with zero attached hydrogens (tertiary/aromatic N) is 2. The molecule has 3 N–H and O–H groups in total. The van der Waals surface area contributed by atoms with Crippen LogP contribution in [0.2, 0.25) is 0 Å². The third kappa shape index (κ3) is 3.76. The van der Waals surface area contributed by atoms with Crippen LogP contribution in [-0.2, 0) is 24.3 Å². The highest BCUT2D eigenvalue weighted by Gasteiger charge is 2.14. The molecule has 8 heteroatoms. The largest absolute Gasteiger partial charge is 0.369 e. The van der Waals surface area contributed by atoms with Crippen molar-refractivity contribution in [3.8, 4) is 0 Å². The molecule has 0 unspecified atom stereocenters. The monoisotopic (exact) mass is 336 g/mol. The second kappa shape index (κ2) is 7.20. The maximum atomic E-state index is 13.5. The number of carbonyl (C=O) groups is 1. The number of amides is 1. The van der Waals surface area contributed by atoms with E-state index in [-0.39, 0.29) is 30.2 Å². The molecule has 24 heavy (non-hydrogen) atoms. The van der Waals surface area contributed by atoms with E-state index >= 15 is 0 Å². The molecule has 1 amide bonds. The van der Waals surface area contributed by atoms with Crippen molar-refractivity contribution in [2.45, 2.75) is 33.4 Å². The summed E-state index contributed by atoms with van der Waals surface area (Å²) in [6, 6.07) is 3.08. The van der Waals surface area contributed by atoms with Crippen molar-refractivity contribution in [1.29, 1.82) is 0 Å². The molecule has 0 aliphatic rings. The van der Waals surface area contributed by atoms with Gasteiger partial charge in [-0.1, -0.05) is 13.0 Å². The fourth-order valence-corrected chi connectivity index (χ4v) is 2.27. The molecule has 2 rings (SSSR count). The molecule has 6 nitrogen and oxygen atoms in total. The summed E-state index contributed by atoms with van der Waals surface area (Å²) in [5, 5.41) is 2.47. The van der Waals surface area contributed by atoms with Crippen molar-refractivity contribution in [2.75, 3.05) is 5.73 Å². The van der Waals surface area contributed by atoms with Crippen LogP contribution in [0.15, 0.2) is 23.0 Å². The van der Waals surface area contributed by atoms with Crippen LogP contribution < -0.4 is 16.6 Å². The number of rotatable bonds is 5. The molecule has 1 aromatic heterocycles. The van der Waals surface area contributed by atoms with Crippen molar-refractivity contribution in [1.82, 2.24) is 14.9 Å². The molecule has 1 aromatic carbocycles. The third-order valence-electron chi connectivity index (χ3n) is 3.65. The lowest BCUT2D eigenvalue weighted by Crippen LogP contribution is -2.35. The van der Waals surface area contributed by atoms with Crippen LogP contribution in [0, 0.1) is 18.6 Å². The normalized spacial score (nSPS) is 10.7. The van der Waals surface area contributed by atoms with Gasteiger partial charge in [0.05, 0.1) is 5.69 Å². The number of carbonyl (C=O) groups excluding carboxylic acids is 1. The summed E-state index contributed by atoms with van der Waals surface area (Å²) >= 11 is 0. The zero-order valence-electron chi connectivity index (χ0n) is 13.4. The standard InChI is InChI=1S/C16H18F2N4O2/c1-3-13-9(2)15(24)22(16(19)21-13)8-14(23)20-7-10-4-5-11(17)6-12(10)18/h4-6H,3,7-8H2,1-2H3,(H2,19,21)(H,20,23). The summed E-state index contributed by atoms with van der Waals surface area (Å²) in [6.45, 7) is 3.02. The van der Waals surface area contributed by atoms with Crippen molar-refractivity contribution in [3.63, 3.8) is 0 Å². The van der Waals surface area contributed by atoms with Crippen LogP contribution in [0.25, 0.3) is 0 Å². The predicted molar refractivity (Wildman–Crippen MR) is 85.2 cm³/mol. The Kier molecular flexibility index (Phi) is 5.28. The van der Waals surface area contributed by atoms with Crippen LogP contribution in [0.1, 0.15) is 23.7 Å². The molecule has 0 saturated heterocycles. The Morgan fingerprint density at radius 1 is 1.38 bits per heavy atom. The number of hydrogen-bond acceptors (Lipinski definition) is 4. The molecule has 0 saturated carbocycles. The highest BCUT2D eigenvalue weighted by molar-refractivity contribution is 5.76. The quantitative estimate of drug-likeness (QED) is 0.861. The van der Waals surface area contributed by atoms with Gasteiger partial charge in [0.2, 0.25) is 11.9 Å². The number of halogens is 2. The minimum absolute atomic E-state index is 0.0504. The average Bonchev–Trinajstić information content (AvgIpc) is 2.54. The van der Waals surface area contributed by atoms with Gasteiger partial charge >= 0.3 is 0 Å². The number of benzene rings is 1. The number of aryl methyl sites for hydroxylation is 1. The predicted octanol–water partition coefficient (Wildman–Crippen LogP) is 1.29. The fourth-order valence-electron chi connectivity index (χ4n) is 2.27. The van der Waals surface area contributed by atoms with E-state index in [2.05, 4.69) is 10.3 Å². The summed E-state index contributed by atoms with van der Waals surface area (Å²) in [7, 11) is 0. The highest BCUT2D eigenvalue weighted by atomic mass is 19.1. The Bertz CT molecular complexity index is 834. The molecular weight excluding hydrogens is 318 g/mol. The minimum atomic E-state index is -0.753. The molecule has 2 aromatic rings. The molecule has 0 atom stereocenters. The third-order valence-corrected chi connectivity index (χ3v) is 3.65. The van der Waals surface area contributed by atoms with Crippen molar-refractivity contribution < 1.29 is 13.6 Å². The number of hydrogen-bond donors (Lipinski definition) is 2. The lowest BCUT2D eigenvalue weighted by molar-refractivity contribution is -0.121. The summed E-state index contributed by atoms with van der Waals surface area (Å²) in [6.07, 6.45) is 0.558. The van der Waals surface area contributed by atoms with E-state index in [1.165, 1.54) is 6.07 Å². The van der Waals surface area contributed by atoms with E-state index < -0.39 is 17.5 Å². The number of nitrogen functional groups attached to an aromatic ring is 1. The minimum Gasteiger partial charge on any atom is -0.369 e. The molecule has 0 radical (unpaired) electrons. The molecule has 0 fully saturated rings. The van der Waals surface area contributed by atoms with Crippen LogP contribution in [0.3, 0.4) is 0 Å². The van der Waals surface area contributed by atoms with E-state index in [0.29, 0.717) is 17.7 Å². The van der Waals surface area contributed by atoms with Crippen LogP contribution in [0.5, 0.6) is 0 Å². The number of aromatic nitrogens is 2. The first-order chi connectivity index (χ1) is 11.3. The topological polar surface area (TPSA) is 90.0 Å². The van der Waals surface area contributed by atoms with E-state index in [0.717, 1.165) is 16.7 Å². The second-order valence-electron chi connectivity index (χ2n) is 5.30. The van der Waals surface area contributed by atoms with Gasteiger partial charge in [0, 0.05) is 23.7 Å².